The zero-order chi connectivity index (χ0) is 24.6. The summed E-state index contributed by atoms with van der Waals surface area (Å²) in [5, 5.41) is 4.40. The minimum atomic E-state index is 0.709. The van der Waals surface area contributed by atoms with E-state index in [1.54, 1.807) is 7.11 Å². The van der Waals surface area contributed by atoms with Gasteiger partial charge in [-0.25, -0.2) is 0 Å². The average Bonchev–Trinajstić information content (AvgIpc) is 2.94. The third kappa shape index (κ3) is 3.53. The van der Waals surface area contributed by atoms with Gasteiger partial charge in [0.1, 0.15) is 5.75 Å². The number of ether oxygens (including phenoxy) is 1. The molecule has 0 radical (unpaired) electrons. The van der Waals surface area contributed by atoms with Crippen molar-refractivity contribution < 1.29 is 4.74 Å². The molecular weight excluding hydrogens is 440 g/mol. The van der Waals surface area contributed by atoms with Crippen LogP contribution in [0, 0.1) is 0 Å². The van der Waals surface area contributed by atoms with Crippen molar-refractivity contribution in [3.05, 3.63) is 115 Å². The van der Waals surface area contributed by atoms with E-state index in [1.807, 2.05) is 42.5 Å². The maximum Gasteiger partial charge on any atom is 0.118 e. The van der Waals surface area contributed by atoms with E-state index in [0.717, 1.165) is 66.4 Å². The maximum atomic E-state index is 7.05. The molecule has 4 N–H and O–H groups in total. The molecule has 174 valence electrons. The number of rotatable bonds is 4. The van der Waals surface area contributed by atoms with Crippen LogP contribution in [0.5, 0.6) is 5.75 Å². The lowest BCUT2D eigenvalue weighted by Gasteiger charge is -2.21. The lowest BCUT2D eigenvalue weighted by atomic mass is 9.85. The molecular formula is C33H26N2O. The molecule has 0 aliphatic heterocycles. The fourth-order valence-electron chi connectivity index (χ4n) is 5.13. The van der Waals surface area contributed by atoms with Gasteiger partial charge >= 0.3 is 0 Å². The van der Waals surface area contributed by atoms with Crippen LogP contribution in [0.1, 0.15) is 0 Å². The van der Waals surface area contributed by atoms with E-state index in [2.05, 4.69) is 72.8 Å². The van der Waals surface area contributed by atoms with Gasteiger partial charge in [0, 0.05) is 33.6 Å². The topological polar surface area (TPSA) is 61.3 Å². The first-order chi connectivity index (χ1) is 17.7. The predicted octanol–water partition coefficient (Wildman–Crippen LogP) is 8.17. The molecule has 0 heterocycles. The van der Waals surface area contributed by atoms with Crippen LogP contribution in [0.15, 0.2) is 115 Å². The van der Waals surface area contributed by atoms with Crippen LogP contribution in [0.2, 0.25) is 0 Å². The second kappa shape index (κ2) is 8.79. The summed E-state index contributed by atoms with van der Waals surface area (Å²) in [5.74, 6) is 0.809. The maximum absolute atomic E-state index is 7.05. The second-order valence-corrected chi connectivity index (χ2v) is 8.96. The number of benzene rings is 6. The SMILES string of the molecule is COc1ccc(-c2cc3ccccc3c(-c3c(N)c(-c4ccccc4)cc4ccccc34)c2N)cc1. The number of methoxy groups -OCH3 is 1. The highest BCUT2D eigenvalue weighted by Gasteiger charge is 2.21. The molecule has 3 nitrogen and oxygen atoms in total. The zero-order valence-electron chi connectivity index (χ0n) is 20.0. The van der Waals surface area contributed by atoms with Gasteiger partial charge in [-0.15, -0.1) is 0 Å². The number of anilines is 2. The molecule has 0 bridgehead atoms. The summed E-state index contributed by atoms with van der Waals surface area (Å²) in [5.41, 5.74) is 21.5. The molecule has 0 aliphatic carbocycles. The molecule has 0 aliphatic rings. The Bertz CT molecular complexity index is 1720. The highest BCUT2D eigenvalue weighted by molar-refractivity contribution is 6.17. The van der Waals surface area contributed by atoms with E-state index in [-0.39, 0.29) is 0 Å². The average molecular weight is 467 g/mol. The highest BCUT2D eigenvalue weighted by atomic mass is 16.5. The Morgan fingerprint density at radius 3 is 1.44 bits per heavy atom. The molecule has 0 aromatic heterocycles. The first-order valence-corrected chi connectivity index (χ1v) is 12.0. The number of hydrogen-bond acceptors (Lipinski definition) is 3. The Balaban J connectivity index is 1.73. The van der Waals surface area contributed by atoms with Crippen LogP contribution in [0.25, 0.3) is 54.9 Å². The van der Waals surface area contributed by atoms with Gasteiger partial charge in [0.05, 0.1) is 7.11 Å². The van der Waals surface area contributed by atoms with E-state index < -0.39 is 0 Å². The molecule has 0 saturated heterocycles. The molecule has 36 heavy (non-hydrogen) atoms. The molecule has 0 saturated carbocycles. The third-order valence-corrected chi connectivity index (χ3v) is 6.91. The van der Waals surface area contributed by atoms with E-state index in [9.17, 15) is 0 Å². The molecule has 0 atom stereocenters. The minimum Gasteiger partial charge on any atom is -0.497 e. The van der Waals surface area contributed by atoms with Crippen molar-refractivity contribution in [2.45, 2.75) is 0 Å². The van der Waals surface area contributed by atoms with Gasteiger partial charge in [-0.05, 0) is 56.9 Å². The van der Waals surface area contributed by atoms with Gasteiger partial charge in [-0.3, -0.25) is 0 Å². The zero-order valence-corrected chi connectivity index (χ0v) is 20.0. The quantitative estimate of drug-likeness (QED) is 0.258. The van der Waals surface area contributed by atoms with Gasteiger partial charge in [-0.1, -0.05) is 91.0 Å². The summed E-state index contributed by atoms with van der Waals surface area (Å²) in [7, 11) is 1.67. The van der Waals surface area contributed by atoms with Crippen LogP contribution in [0.3, 0.4) is 0 Å². The van der Waals surface area contributed by atoms with Gasteiger partial charge in [0.25, 0.3) is 0 Å². The number of fused-ring (bicyclic) bond motifs is 2. The smallest absolute Gasteiger partial charge is 0.118 e. The fraction of sp³-hybridized carbons (Fsp3) is 0.0303. The lowest BCUT2D eigenvalue weighted by molar-refractivity contribution is 0.415. The minimum absolute atomic E-state index is 0.709. The van der Waals surface area contributed by atoms with E-state index in [4.69, 9.17) is 16.2 Å². The van der Waals surface area contributed by atoms with Gasteiger partial charge in [0.15, 0.2) is 0 Å². The van der Waals surface area contributed by atoms with Crippen LogP contribution in [-0.2, 0) is 0 Å². The summed E-state index contributed by atoms with van der Waals surface area (Å²) in [6.45, 7) is 0. The van der Waals surface area contributed by atoms with Crippen molar-refractivity contribution in [1.82, 2.24) is 0 Å². The monoisotopic (exact) mass is 466 g/mol. The summed E-state index contributed by atoms with van der Waals surface area (Å²) in [4.78, 5) is 0. The highest BCUT2D eigenvalue weighted by Crippen LogP contribution is 2.48. The van der Waals surface area contributed by atoms with Crippen molar-refractivity contribution in [3.63, 3.8) is 0 Å². The molecule has 6 aromatic carbocycles. The predicted molar refractivity (Wildman–Crippen MR) is 153 cm³/mol. The molecule has 0 fully saturated rings. The Labute approximate surface area is 210 Å². The molecule has 0 amide bonds. The van der Waals surface area contributed by atoms with Gasteiger partial charge in [-0.2, -0.15) is 0 Å². The van der Waals surface area contributed by atoms with E-state index in [1.165, 1.54) is 0 Å². The number of hydrogen-bond donors (Lipinski definition) is 2. The van der Waals surface area contributed by atoms with Crippen LogP contribution < -0.4 is 16.2 Å². The molecule has 3 heteroatoms. The van der Waals surface area contributed by atoms with E-state index in [0.29, 0.717) is 5.69 Å². The van der Waals surface area contributed by atoms with Crippen molar-refractivity contribution >= 4 is 32.9 Å². The molecule has 6 rings (SSSR count). The van der Waals surface area contributed by atoms with Crippen LogP contribution >= 0.6 is 0 Å². The molecule has 0 spiro atoms. The molecule has 6 aromatic rings. The Morgan fingerprint density at radius 2 is 0.944 bits per heavy atom. The molecule has 0 unspecified atom stereocenters. The Morgan fingerprint density at radius 1 is 0.500 bits per heavy atom. The Kier molecular flexibility index (Phi) is 5.31. The largest absolute Gasteiger partial charge is 0.497 e. The third-order valence-electron chi connectivity index (χ3n) is 6.91. The summed E-state index contributed by atoms with van der Waals surface area (Å²) >= 11 is 0. The van der Waals surface area contributed by atoms with Crippen molar-refractivity contribution in [2.75, 3.05) is 18.6 Å². The summed E-state index contributed by atoms with van der Waals surface area (Å²) in [6, 6.07) is 39.4. The van der Waals surface area contributed by atoms with Crippen molar-refractivity contribution in [1.29, 1.82) is 0 Å². The van der Waals surface area contributed by atoms with Crippen molar-refractivity contribution in [2.24, 2.45) is 0 Å². The fourth-order valence-corrected chi connectivity index (χ4v) is 5.13. The summed E-state index contributed by atoms with van der Waals surface area (Å²) in [6.07, 6.45) is 0. The normalized spacial score (nSPS) is 11.1. The first-order valence-electron chi connectivity index (χ1n) is 12.0. The van der Waals surface area contributed by atoms with Crippen LogP contribution in [0.4, 0.5) is 11.4 Å². The summed E-state index contributed by atoms with van der Waals surface area (Å²) < 4.78 is 5.37. The van der Waals surface area contributed by atoms with Gasteiger partial charge in [0.2, 0.25) is 0 Å². The van der Waals surface area contributed by atoms with Gasteiger partial charge < -0.3 is 16.2 Å². The van der Waals surface area contributed by atoms with Crippen molar-refractivity contribution in [3.8, 4) is 39.1 Å². The first kappa shape index (κ1) is 21.8. The number of nitrogens with two attached hydrogens (primary N) is 2. The van der Waals surface area contributed by atoms with E-state index >= 15 is 0 Å². The standard InChI is InChI=1S/C33H26N2O/c1-36-25-17-15-22(16-18-25)29-20-24-12-6-8-14-27(24)31(33(29)35)30-26-13-7-5-11-23(26)19-28(32(30)34)21-9-3-2-4-10-21/h2-20H,34-35H2,1H3. The second-order valence-electron chi connectivity index (χ2n) is 8.96. The Hall–Kier alpha value is -4.76. The lowest BCUT2D eigenvalue weighted by Crippen LogP contribution is -2.01. The number of nitrogen functional groups attached to an aromatic ring is 2. The van der Waals surface area contributed by atoms with Crippen LogP contribution in [-0.4, -0.2) is 7.11 Å².